The molecule has 1 saturated carbocycles. The van der Waals surface area contributed by atoms with Gasteiger partial charge in [0.05, 0.1) is 23.3 Å². The lowest BCUT2D eigenvalue weighted by Crippen LogP contribution is -2.39. The van der Waals surface area contributed by atoms with Gasteiger partial charge in [-0.15, -0.1) is 0 Å². The topological polar surface area (TPSA) is 95.6 Å². The van der Waals surface area contributed by atoms with Crippen molar-refractivity contribution >= 4 is 38.6 Å². The molecule has 9 heteroatoms. The Hall–Kier alpha value is -5.20. The van der Waals surface area contributed by atoms with Crippen molar-refractivity contribution < 1.29 is 13.6 Å². The van der Waals surface area contributed by atoms with Crippen molar-refractivity contribution in [2.24, 2.45) is 5.92 Å². The molecule has 4 heterocycles. The van der Waals surface area contributed by atoms with Crippen LogP contribution in [0.4, 0.5) is 8.78 Å². The number of halogens is 2. The van der Waals surface area contributed by atoms with Crippen molar-refractivity contribution in [2.45, 2.75) is 44.7 Å². The molecule has 7 nitrogen and oxygen atoms in total. The fraction of sp³-hybridized carbons (Fsp3) is 0.263. The Labute approximate surface area is 270 Å². The molecule has 1 amide bonds. The second-order valence-corrected chi connectivity index (χ2v) is 12.5. The van der Waals surface area contributed by atoms with E-state index in [-0.39, 0.29) is 23.9 Å². The fourth-order valence-corrected chi connectivity index (χ4v) is 7.75. The lowest BCUT2D eigenvalue weighted by Gasteiger charge is -2.37. The molecule has 3 aliphatic rings. The first-order valence-corrected chi connectivity index (χ1v) is 16.1. The summed E-state index contributed by atoms with van der Waals surface area (Å²) in [5, 5.41) is 17.9. The number of imidazole rings is 1. The number of fused-ring (bicyclic) bond motifs is 5. The van der Waals surface area contributed by atoms with Gasteiger partial charge in [0.25, 0.3) is 5.91 Å². The molecule has 4 aromatic carbocycles. The van der Waals surface area contributed by atoms with Crippen molar-refractivity contribution in [3.05, 3.63) is 95.3 Å². The highest BCUT2D eigenvalue weighted by molar-refractivity contribution is 6.11. The van der Waals surface area contributed by atoms with Crippen molar-refractivity contribution in [1.82, 2.24) is 25.2 Å². The highest BCUT2D eigenvalue weighted by Gasteiger charge is 2.49. The Bertz CT molecular complexity index is 2290. The lowest BCUT2D eigenvalue weighted by molar-refractivity contribution is 0.0963. The molecule has 9 rings (SSSR count). The summed E-state index contributed by atoms with van der Waals surface area (Å²) in [6.45, 7) is 3.00. The Balaban J connectivity index is 1.50. The number of nitrogens with one attached hydrogen (secondary N) is 2. The first-order chi connectivity index (χ1) is 22.9. The predicted molar refractivity (Wildman–Crippen MR) is 179 cm³/mol. The maximum Gasteiger partial charge on any atom is 0.251 e. The highest BCUT2D eigenvalue weighted by Crippen LogP contribution is 2.48. The molecule has 47 heavy (non-hydrogen) atoms. The molecule has 1 aliphatic carbocycles. The normalized spacial score (nSPS) is 18.5. The third-order valence-corrected chi connectivity index (χ3v) is 9.96. The number of carbonyl (C=O) groups excluding carboxylic acids is 1. The molecule has 6 aromatic rings. The number of benzene rings is 4. The first kappa shape index (κ1) is 29.2. The van der Waals surface area contributed by atoms with Crippen LogP contribution in [-0.2, 0) is 12.8 Å². The smallest absolute Gasteiger partial charge is 0.251 e. The van der Waals surface area contributed by atoms with Crippen molar-refractivity contribution in [2.75, 3.05) is 13.6 Å². The SMILES string of the molecule is CCc1nc2c(-c3cccc(C(=O)NC)c3)nc3c(F)c(-c4cccc5ccc(F)cc45)c(CCC#N)cc3c2n1C1C2CNC1C2. The van der Waals surface area contributed by atoms with E-state index in [1.165, 1.54) is 12.1 Å². The number of carbonyl (C=O) groups is 1. The van der Waals surface area contributed by atoms with Gasteiger partial charge >= 0.3 is 0 Å². The molecule has 2 aliphatic heterocycles. The van der Waals surface area contributed by atoms with Gasteiger partial charge < -0.3 is 15.2 Å². The molecule has 2 bridgehead atoms. The molecule has 3 atom stereocenters. The molecule has 0 spiro atoms. The standard InChI is InChI=1S/C38H32F2N6O/c1-3-30-44-35-33(22-8-4-9-23(15-22)38(47)42-2)45-34-28(37(35)46(30)36-24-17-29(36)43-19-24)16-21(10-6-14-41)31(32(34)40)26-11-5-7-20-12-13-25(39)18-27(20)26/h4-5,7-9,11-13,15-16,18,24,29,36,43H,3,6,10,17,19H2,1-2H3,(H,42,47). The third kappa shape index (κ3) is 4.50. The second-order valence-electron chi connectivity index (χ2n) is 12.5. The van der Waals surface area contributed by atoms with Crippen LogP contribution < -0.4 is 10.6 Å². The molecule has 3 unspecified atom stereocenters. The van der Waals surface area contributed by atoms with Gasteiger partial charge in [0.15, 0.2) is 5.82 Å². The Morgan fingerprint density at radius 2 is 1.91 bits per heavy atom. The quantitative estimate of drug-likeness (QED) is 0.195. The van der Waals surface area contributed by atoms with E-state index in [4.69, 9.17) is 9.97 Å². The summed E-state index contributed by atoms with van der Waals surface area (Å²) in [5.41, 5.74) is 4.76. The average Bonchev–Trinajstić information content (AvgIpc) is 3.83. The Morgan fingerprint density at radius 1 is 1.06 bits per heavy atom. The van der Waals surface area contributed by atoms with Crippen LogP contribution in [0.2, 0.25) is 0 Å². The number of amides is 1. The summed E-state index contributed by atoms with van der Waals surface area (Å²) in [4.78, 5) is 22.8. The zero-order valence-electron chi connectivity index (χ0n) is 26.1. The molecule has 2 saturated heterocycles. The van der Waals surface area contributed by atoms with Crippen LogP contribution in [0.5, 0.6) is 0 Å². The van der Waals surface area contributed by atoms with Gasteiger partial charge in [0, 0.05) is 54.6 Å². The number of hydrogen-bond acceptors (Lipinski definition) is 5. The number of rotatable bonds is 7. The van der Waals surface area contributed by atoms with Crippen LogP contribution in [0.1, 0.15) is 47.6 Å². The number of aryl methyl sites for hydroxylation is 2. The van der Waals surface area contributed by atoms with Gasteiger partial charge in [-0.1, -0.05) is 43.3 Å². The summed E-state index contributed by atoms with van der Waals surface area (Å²) in [6, 6.07) is 21.8. The van der Waals surface area contributed by atoms with Gasteiger partial charge in [-0.25, -0.2) is 18.7 Å². The van der Waals surface area contributed by atoms with E-state index >= 15 is 4.39 Å². The largest absolute Gasteiger partial charge is 0.355 e. The van der Waals surface area contributed by atoms with Crippen LogP contribution in [0, 0.1) is 28.9 Å². The summed E-state index contributed by atoms with van der Waals surface area (Å²) in [5.74, 6) is 0.160. The van der Waals surface area contributed by atoms with Crippen molar-refractivity contribution in [3.8, 4) is 28.5 Å². The number of pyridine rings is 1. The molecule has 2 N–H and O–H groups in total. The summed E-state index contributed by atoms with van der Waals surface area (Å²) < 4.78 is 34.4. The van der Waals surface area contributed by atoms with Gasteiger partial charge in [-0.05, 0) is 71.0 Å². The number of nitrogens with zero attached hydrogens (tertiary/aromatic N) is 4. The van der Waals surface area contributed by atoms with Crippen LogP contribution in [-0.4, -0.2) is 40.1 Å². The van der Waals surface area contributed by atoms with Crippen LogP contribution in [0.25, 0.3) is 55.1 Å². The minimum absolute atomic E-state index is 0.172. The minimum Gasteiger partial charge on any atom is -0.355 e. The summed E-state index contributed by atoms with van der Waals surface area (Å²) >= 11 is 0. The highest BCUT2D eigenvalue weighted by atomic mass is 19.1. The maximum absolute atomic E-state index is 17.5. The van der Waals surface area contributed by atoms with Crippen molar-refractivity contribution in [1.29, 1.82) is 5.26 Å². The summed E-state index contributed by atoms with van der Waals surface area (Å²) in [6.07, 6.45) is 2.26. The lowest BCUT2D eigenvalue weighted by atomic mass is 9.79. The number of nitriles is 1. The van der Waals surface area contributed by atoms with E-state index in [1.807, 2.05) is 24.3 Å². The van der Waals surface area contributed by atoms with E-state index in [1.54, 1.807) is 37.4 Å². The molecule has 2 aromatic heterocycles. The zero-order valence-corrected chi connectivity index (χ0v) is 26.1. The van der Waals surface area contributed by atoms with Gasteiger partial charge in [0.1, 0.15) is 22.7 Å². The zero-order chi connectivity index (χ0) is 32.4. The Morgan fingerprint density at radius 3 is 2.66 bits per heavy atom. The van der Waals surface area contributed by atoms with E-state index in [9.17, 15) is 14.4 Å². The first-order valence-electron chi connectivity index (χ1n) is 16.1. The third-order valence-electron chi connectivity index (χ3n) is 9.96. The number of aromatic nitrogens is 3. The second kappa shape index (κ2) is 11.2. The fourth-order valence-electron chi connectivity index (χ4n) is 7.75. The average molecular weight is 627 g/mol. The molecule has 234 valence electrons. The van der Waals surface area contributed by atoms with E-state index in [0.29, 0.717) is 74.6 Å². The van der Waals surface area contributed by atoms with E-state index < -0.39 is 11.6 Å². The molecular weight excluding hydrogens is 594 g/mol. The van der Waals surface area contributed by atoms with Crippen molar-refractivity contribution in [3.63, 3.8) is 0 Å². The number of hydrogen-bond donors (Lipinski definition) is 2. The molecule has 0 radical (unpaired) electrons. The van der Waals surface area contributed by atoms with E-state index in [0.717, 1.165) is 29.7 Å². The molecular formula is C38H32F2N6O. The monoisotopic (exact) mass is 626 g/mol. The van der Waals surface area contributed by atoms with Crippen LogP contribution >= 0.6 is 0 Å². The predicted octanol–water partition coefficient (Wildman–Crippen LogP) is 7.26. The van der Waals surface area contributed by atoms with Crippen LogP contribution in [0.3, 0.4) is 0 Å². The Kier molecular flexibility index (Phi) is 6.99. The minimum atomic E-state index is -0.529. The van der Waals surface area contributed by atoms with Gasteiger partial charge in [-0.2, -0.15) is 5.26 Å². The van der Waals surface area contributed by atoms with Crippen LogP contribution in [0.15, 0.2) is 66.7 Å². The van der Waals surface area contributed by atoms with Gasteiger partial charge in [-0.3, -0.25) is 4.79 Å². The van der Waals surface area contributed by atoms with E-state index in [2.05, 4.69) is 28.2 Å². The van der Waals surface area contributed by atoms with Gasteiger partial charge in [0.2, 0.25) is 0 Å². The maximum atomic E-state index is 17.5. The molecule has 3 fully saturated rings. The summed E-state index contributed by atoms with van der Waals surface area (Å²) in [7, 11) is 1.58.